The number of nitrogens with zero attached hydrogens (tertiary/aromatic N) is 1. The van der Waals surface area contributed by atoms with Gasteiger partial charge in [-0.2, -0.15) is 0 Å². The van der Waals surface area contributed by atoms with Crippen LogP contribution in [0.25, 0.3) is 23.0 Å². The molecule has 0 atom stereocenters. The van der Waals surface area contributed by atoms with Crippen LogP contribution in [-0.2, 0) is 202 Å². The van der Waals surface area contributed by atoms with Gasteiger partial charge in [-0.05, 0) is 33.3 Å². The van der Waals surface area contributed by atoms with Gasteiger partial charge in [0.1, 0.15) is 32.2 Å². The van der Waals surface area contributed by atoms with Crippen LogP contribution < -0.4 is 0 Å². The largest absolute Gasteiger partial charge is 0.724 e. The van der Waals surface area contributed by atoms with Crippen molar-refractivity contribution < 1.29 is 202 Å². The van der Waals surface area contributed by atoms with Gasteiger partial charge >= 0.3 is 35.8 Å². The van der Waals surface area contributed by atoms with Crippen molar-refractivity contribution in [3.8, 4) is 0 Å². The molecule has 0 unspecified atom stereocenters. The Morgan fingerprint density at radius 3 is 0.690 bits per heavy atom. The first-order valence-electron chi connectivity index (χ1n) is 18.9. The molecule has 0 heterocycles. The maximum absolute atomic E-state index is 10.5. The van der Waals surface area contributed by atoms with Crippen molar-refractivity contribution in [1.82, 2.24) is 0 Å². The molecular formula is C40H78N4O15S8Y4-8. The summed E-state index contributed by atoms with van der Waals surface area (Å²) in [5.41, 5.74) is 12.1. The number of hydrogen-bond acceptors (Lipinski definition) is 23. The van der Waals surface area contributed by atoms with E-state index in [4.69, 9.17) is 45.4 Å². The van der Waals surface area contributed by atoms with Crippen molar-refractivity contribution in [3.05, 3.63) is 48.1 Å². The predicted octanol–water partition coefficient (Wildman–Crippen LogP) is 13.0. The van der Waals surface area contributed by atoms with E-state index in [9.17, 15) is 38.4 Å². The third kappa shape index (κ3) is 220. The van der Waals surface area contributed by atoms with E-state index in [-0.39, 0.29) is 174 Å². The fraction of sp³-hybridized carbons (Fsp3) is 0.650. The second kappa shape index (κ2) is 116. The zero-order valence-electron chi connectivity index (χ0n) is 42.7. The molecule has 0 rings (SSSR count). The van der Waals surface area contributed by atoms with Crippen LogP contribution >= 0.6 is 86.4 Å². The van der Waals surface area contributed by atoms with Crippen molar-refractivity contribution in [2.45, 2.75) is 123 Å². The van der Waals surface area contributed by atoms with E-state index in [0.717, 1.165) is 23.0 Å². The van der Waals surface area contributed by atoms with Crippen LogP contribution in [0.2, 0.25) is 0 Å². The number of hydrogen-bond donors (Lipinski definition) is 0. The zero-order valence-corrected chi connectivity index (χ0v) is 60.6. The van der Waals surface area contributed by atoms with Crippen LogP contribution in [0.1, 0.15) is 123 Å². The summed E-state index contributed by atoms with van der Waals surface area (Å²) in [5.74, 6) is 0.721. The number of nitrogens with one attached hydrogen (secondary N) is 2. The molecule has 19 nitrogen and oxygen atoms in total. The van der Waals surface area contributed by atoms with Crippen molar-refractivity contribution in [2.75, 3.05) is 49.4 Å². The van der Waals surface area contributed by atoms with Gasteiger partial charge in [0.15, 0.2) is 0 Å². The van der Waals surface area contributed by atoms with Crippen LogP contribution in [0.4, 0.5) is 0 Å². The van der Waals surface area contributed by atoms with Crippen molar-refractivity contribution in [3.63, 3.8) is 0 Å². The Bertz CT molecular complexity index is 1060. The van der Waals surface area contributed by atoms with Crippen molar-refractivity contribution in [1.29, 1.82) is 0 Å². The number of ether oxygens (including phenoxy) is 5. The van der Waals surface area contributed by atoms with Crippen LogP contribution in [-0.4, -0.2) is 109 Å². The number of carbonyl (C=O) groups excluding carboxylic acids is 10. The maximum Gasteiger partial charge on any atom is 0.310 e. The number of carbonyl (C=O) groups is 9. The quantitative estimate of drug-likeness (QED) is 0.0151. The Kier molecular flexibility index (Phi) is 190. The van der Waals surface area contributed by atoms with E-state index in [1.54, 1.807) is 77.8 Å². The molecule has 0 aromatic rings. The average Bonchev–Trinajstić information content (AvgIpc) is 3.25. The number of esters is 6. The first kappa shape index (κ1) is 117. The maximum atomic E-state index is 10.5. The Morgan fingerprint density at radius 1 is 0.479 bits per heavy atom. The molecule has 0 aliphatic rings. The average molecular weight is 1470 g/mol. The second-order valence-electron chi connectivity index (χ2n) is 9.47. The molecule has 0 bridgehead atoms. The summed E-state index contributed by atoms with van der Waals surface area (Å²) in [4.78, 5) is 98.0. The Balaban J connectivity index is -0.0000000345. The molecule has 0 aromatic carbocycles. The smallest absolute Gasteiger partial charge is 0.310 e. The van der Waals surface area contributed by atoms with E-state index in [0.29, 0.717) is 64.6 Å². The van der Waals surface area contributed by atoms with Gasteiger partial charge in [0, 0.05) is 205 Å². The number of amides is 2. The molecule has 0 spiro atoms. The standard InChI is InChI=1S/4C6H11O2S2.C4H6O3.C3H7NO.C3H6O.C2H5NO.C2H6.CNO.CH4.H2N.4Y/c4*1-3-6(7)8-4-5-10-9-2;1-3(5)7-4(2)6;1-2-3(4)5;1-3(2)4;1-2(3)4;1-2;2-1-3;;;;;;/h4*2-5H2,1H3;1-2H3;2H2,1H3,(H2,4,5);1-2H3;1H3,(H2,3,4);1-2H3;;1H4;1H2;;;;/q4*-1;;;;;;-1;;-1;;;;/p-2. The molecule has 0 aliphatic carbocycles. The molecule has 416 valence electrons. The van der Waals surface area contributed by atoms with Gasteiger partial charge in [0.25, 0.3) is 0 Å². The summed E-state index contributed by atoms with van der Waals surface area (Å²) in [6.45, 7) is 21.4. The number of ketones is 1. The molecule has 31 heteroatoms. The van der Waals surface area contributed by atoms with Crippen LogP contribution in [0.5, 0.6) is 0 Å². The molecule has 0 aliphatic heterocycles. The predicted molar refractivity (Wildman–Crippen MR) is 292 cm³/mol. The van der Waals surface area contributed by atoms with Gasteiger partial charge in [-0.3, -0.25) is 102 Å². The Hall–Kier alpha value is 2.19. The second-order valence-corrected chi connectivity index (χ2v) is 18.6. The van der Waals surface area contributed by atoms with Gasteiger partial charge in [-0.15, -0.1) is 43.2 Å². The minimum Gasteiger partial charge on any atom is -0.724 e. The topological polar surface area (TPSA) is 320 Å². The number of isocyanates is 1. The van der Waals surface area contributed by atoms with Crippen molar-refractivity contribution in [2.24, 2.45) is 0 Å². The number of nitrogens with two attached hydrogens (primary N) is 1. The minimum atomic E-state index is -0.583. The third-order valence-electron chi connectivity index (χ3n) is 3.82. The summed E-state index contributed by atoms with van der Waals surface area (Å²) < 4.78 is 23.1. The minimum absolute atomic E-state index is 0. The zero-order chi connectivity index (χ0) is 53.3. The molecule has 0 fully saturated rings. The summed E-state index contributed by atoms with van der Waals surface area (Å²) in [6, 6.07) is 0. The van der Waals surface area contributed by atoms with E-state index in [2.05, 4.69) is 29.8 Å². The monoisotopic (exact) mass is 1470 g/mol. The Morgan fingerprint density at radius 2 is 0.620 bits per heavy atom. The normalized spacial score (nSPS) is 7.49. The van der Waals surface area contributed by atoms with E-state index < -0.39 is 23.8 Å². The number of rotatable bonds is 21. The molecule has 2 amide bonds. The molecule has 0 aromatic heterocycles. The molecule has 0 saturated heterocycles. The Labute approximate surface area is 560 Å². The fourth-order valence-electron chi connectivity index (χ4n) is 1.60. The molecule has 4 radical (unpaired) electrons. The fourth-order valence-corrected chi connectivity index (χ4v) is 4.91. The van der Waals surface area contributed by atoms with E-state index in [1.807, 2.05) is 13.8 Å². The van der Waals surface area contributed by atoms with Gasteiger partial charge in [-0.1, -0.05) is 55.9 Å². The summed E-state index contributed by atoms with van der Waals surface area (Å²) >= 11 is 0. The van der Waals surface area contributed by atoms with Crippen molar-refractivity contribution >= 4 is 146 Å². The molecular weight excluding hydrogens is 1390 g/mol. The van der Waals surface area contributed by atoms with Crippen LogP contribution in [0.15, 0.2) is 0 Å². The van der Waals surface area contributed by atoms with E-state index in [1.165, 1.54) is 77.8 Å². The van der Waals surface area contributed by atoms with Gasteiger partial charge in [0.05, 0.1) is 0 Å². The van der Waals surface area contributed by atoms with Gasteiger partial charge in [0.2, 0.25) is 0 Å². The third-order valence-corrected chi connectivity index (χ3v) is 9.82. The van der Waals surface area contributed by atoms with Gasteiger partial charge < -0.3 is 61.1 Å². The molecule has 0 saturated carbocycles. The summed E-state index contributed by atoms with van der Waals surface area (Å²) in [6.07, 6.45) is 16.9. The SMILES string of the molecule is C.CC.CC(=O)OC(C)=O.CC(C)=O.CC([NH-])=O.CCC([NH-])=O.[CH2-]SSCCOC(=O)CC.[CH2-]SSCCOC(=O)CC.[CH2-]SSCCOC(=O)CC.[CH2-]SSCCOC(=O)CC.[N-]=C=O.[NH2-].[Y].[Y].[Y].[Y]. The van der Waals surface area contributed by atoms with Crippen LogP contribution in [0, 0.1) is 25.0 Å². The first-order chi connectivity index (χ1) is 30.5. The summed E-state index contributed by atoms with van der Waals surface area (Å²) in [7, 11) is 12.1. The first-order valence-corrected chi connectivity index (χ1v) is 28.9. The van der Waals surface area contributed by atoms with Gasteiger partial charge in [-0.25, -0.2) is 0 Å². The molecule has 71 heavy (non-hydrogen) atoms. The molecule has 4 N–H and O–H groups in total. The summed E-state index contributed by atoms with van der Waals surface area (Å²) in [5, 5.41) is 6.76. The van der Waals surface area contributed by atoms with E-state index >= 15 is 0 Å². The number of Topliss-reactive ketones (excluding diaryl/α,β-unsaturated/α-hetero) is 1. The van der Waals surface area contributed by atoms with Crippen LogP contribution in [0.3, 0.4) is 0 Å².